The Morgan fingerprint density at radius 1 is 1.39 bits per heavy atom. The molecule has 1 aliphatic rings. The number of carboxylic acid groups (broad SMARTS) is 1. The van der Waals surface area contributed by atoms with Crippen LogP contribution >= 0.6 is 0 Å². The summed E-state index contributed by atoms with van der Waals surface area (Å²) in [4.78, 5) is 11.1. The first-order valence-corrected chi connectivity index (χ1v) is 5.49. The molecule has 2 unspecified atom stereocenters. The van der Waals surface area contributed by atoms with Crippen molar-refractivity contribution >= 4 is 11.5 Å². The van der Waals surface area contributed by atoms with E-state index in [-0.39, 0.29) is 0 Å². The molecular weight excluding hydrogens is 235 g/mol. The molecule has 0 heterocycles. The molecule has 0 fully saturated rings. The summed E-state index contributed by atoms with van der Waals surface area (Å²) in [6.07, 6.45) is 2.37. The van der Waals surface area contributed by atoms with Crippen LogP contribution in [0, 0.1) is 0 Å². The van der Waals surface area contributed by atoms with Crippen molar-refractivity contribution in [1.29, 1.82) is 0 Å². The topological polar surface area (TPSA) is 46.5 Å². The van der Waals surface area contributed by atoms with E-state index in [0.29, 0.717) is 5.57 Å². The van der Waals surface area contributed by atoms with Crippen molar-refractivity contribution in [2.24, 2.45) is 0 Å². The molecule has 1 aromatic rings. The van der Waals surface area contributed by atoms with Gasteiger partial charge < -0.3 is 9.84 Å². The van der Waals surface area contributed by atoms with E-state index in [4.69, 9.17) is 9.84 Å². The van der Waals surface area contributed by atoms with Gasteiger partial charge in [0, 0.05) is 7.11 Å². The van der Waals surface area contributed by atoms with Gasteiger partial charge in [-0.15, -0.1) is 0 Å². The Kier molecular flexibility index (Phi) is 3.30. The van der Waals surface area contributed by atoms with Crippen molar-refractivity contribution in [1.82, 2.24) is 0 Å². The Labute approximate surface area is 104 Å². The van der Waals surface area contributed by atoms with Crippen LogP contribution in [0.5, 0.6) is 0 Å². The maximum atomic E-state index is 14.1. The second kappa shape index (κ2) is 4.74. The maximum Gasteiger partial charge on any atom is 0.343 e. The first-order chi connectivity index (χ1) is 8.60. The predicted molar refractivity (Wildman–Crippen MR) is 65.8 cm³/mol. The zero-order valence-corrected chi connectivity index (χ0v) is 9.84. The highest BCUT2D eigenvalue weighted by Gasteiger charge is 2.45. The highest BCUT2D eigenvalue weighted by molar-refractivity contribution is 5.86. The summed E-state index contributed by atoms with van der Waals surface area (Å²) in [7, 11) is 1.19. The largest absolute Gasteiger partial charge is 0.479 e. The summed E-state index contributed by atoms with van der Waals surface area (Å²) in [5, 5.41) is 9.07. The lowest BCUT2D eigenvalue weighted by Gasteiger charge is -2.29. The molecule has 94 valence electrons. The molecule has 0 amide bonds. The lowest BCUT2D eigenvalue weighted by atomic mass is 9.88. The SMILES string of the molecule is COC1(C(=O)O)C=CC(c2ccccc2)=CC1F. The molecule has 0 saturated heterocycles. The number of methoxy groups -OCH3 is 1. The highest BCUT2D eigenvalue weighted by atomic mass is 19.1. The van der Waals surface area contributed by atoms with Gasteiger partial charge in [-0.2, -0.15) is 0 Å². The van der Waals surface area contributed by atoms with E-state index in [1.807, 2.05) is 30.3 Å². The molecule has 2 rings (SSSR count). The van der Waals surface area contributed by atoms with Crippen LogP contribution in [0.25, 0.3) is 5.57 Å². The standard InChI is InChI=1S/C14H13FO3/c1-18-14(13(16)17)8-7-11(9-12(14)15)10-5-3-2-4-6-10/h2-9,12H,1H3,(H,16,17). The second-order valence-electron chi connectivity index (χ2n) is 4.03. The van der Waals surface area contributed by atoms with Gasteiger partial charge in [0.25, 0.3) is 0 Å². The van der Waals surface area contributed by atoms with E-state index < -0.39 is 17.7 Å². The Balaban J connectivity index is 2.36. The summed E-state index contributed by atoms with van der Waals surface area (Å²) in [6, 6.07) is 9.21. The number of aliphatic carboxylic acids is 1. The number of alkyl halides is 1. The minimum Gasteiger partial charge on any atom is -0.479 e. The third kappa shape index (κ3) is 1.95. The predicted octanol–water partition coefficient (Wildman–Crippen LogP) is 2.45. The molecule has 0 aromatic heterocycles. The number of allylic oxidation sites excluding steroid dienone is 2. The summed E-state index contributed by atoms with van der Waals surface area (Å²) >= 11 is 0. The lowest BCUT2D eigenvalue weighted by molar-refractivity contribution is -0.161. The van der Waals surface area contributed by atoms with Gasteiger partial charge in [0.2, 0.25) is 5.60 Å². The van der Waals surface area contributed by atoms with Crippen molar-refractivity contribution in [2.75, 3.05) is 7.11 Å². The Hall–Kier alpha value is -1.94. The normalized spacial score (nSPS) is 26.8. The van der Waals surface area contributed by atoms with Gasteiger partial charge >= 0.3 is 5.97 Å². The van der Waals surface area contributed by atoms with Gasteiger partial charge in [0.05, 0.1) is 0 Å². The Morgan fingerprint density at radius 3 is 2.56 bits per heavy atom. The van der Waals surface area contributed by atoms with Crippen LogP contribution in [-0.4, -0.2) is 30.0 Å². The van der Waals surface area contributed by atoms with E-state index >= 15 is 0 Å². The molecule has 0 bridgehead atoms. The van der Waals surface area contributed by atoms with Gasteiger partial charge in [0.15, 0.2) is 6.17 Å². The van der Waals surface area contributed by atoms with Gasteiger partial charge in [-0.3, -0.25) is 0 Å². The zero-order chi connectivity index (χ0) is 13.2. The highest BCUT2D eigenvalue weighted by Crippen LogP contribution is 2.31. The van der Waals surface area contributed by atoms with E-state index in [9.17, 15) is 9.18 Å². The second-order valence-corrected chi connectivity index (χ2v) is 4.03. The molecule has 4 heteroatoms. The van der Waals surface area contributed by atoms with E-state index in [0.717, 1.165) is 5.56 Å². The molecule has 2 atom stereocenters. The third-order valence-corrected chi connectivity index (χ3v) is 3.03. The van der Waals surface area contributed by atoms with Gasteiger partial charge in [0.1, 0.15) is 0 Å². The molecule has 1 aliphatic carbocycles. The number of hydrogen-bond acceptors (Lipinski definition) is 2. The zero-order valence-electron chi connectivity index (χ0n) is 9.84. The fourth-order valence-electron chi connectivity index (χ4n) is 1.92. The molecule has 0 spiro atoms. The number of carboxylic acids is 1. The number of halogens is 1. The van der Waals surface area contributed by atoms with Crippen LogP contribution in [0.4, 0.5) is 4.39 Å². The average Bonchev–Trinajstić information content (AvgIpc) is 2.39. The number of ether oxygens (including phenoxy) is 1. The van der Waals surface area contributed by atoms with Crippen LogP contribution in [0.1, 0.15) is 5.56 Å². The van der Waals surface area contributed by atoms with Crippen molar-refractivity contribution in [3.05, 3.63) is 54.1 Å². The molecule has 3 nitrogen and oxygen atoms in total. The van der Waals surface area contributed by atoms with Crippen LogP contribution < -0.4 is 0 Å². The molecule has 1 aromatic carbocycles. The Bertz CT molecular complexity index is 507. The molecule has 0 saturated carbocycles. The van der Waals surface area contributed by atoms with Crippen molar-refractivity contribution in [3.8, 4) is 0 Å². The number of benzene rings is 1. The summed E-state index contributed by atoms with van der Waals surface area (Å²) < 4.78 is 18.9. The van der Waals surface area contributed by atoms with E-state index in [1.165, 1.54) is 19.3 Å². The molecular formula is C14H13FO3. The van der Waals surface area contributed by atoms with E-state index in [2.05, 4.69) is 0 Å². The van der Waals surface area contributed by atoms with Crippen LogP contribution in [0.15, 0.2) is 48.6 Å². The summed E-state index contributed by atoms with van der Waals surface area (Å²) in [5.41, 5.74) is -0.429. The van der Waals surface area contributed by atoms with Gasteiger partial charge in [-0.25, -0.2) is 9.18 Å². The van der Waals surface area contributed by atoms with Gasteiger partial charge in [-0.05, 0) is 23.3 Å². The van der Waals surface area contributed by atoms with E-state index in [1.54, 1.807) is 6.08 Å². The van der Waals surface area contributed by atoms with Crippen LogP contribution in [-0.2, 0) is 9.53 Å². The monoisotopic (exact) mass is 248 g/mol. The van der Waals surface area contributed by atoms with Crippen molar-refractivity contribution < 1.29 is 19.0 Å². The van der Waals surface area contributed by atoms with Crippen LogP contribution in [0.3, 0.4) is 0 Å². The maximum absolute atomic E-state index is 14.1. The molecule has 1 N–H and O–H groups in total. The molecule has 0 aliphatic heterocycles. The Morgan fingerprint density at radius 2 is 2.06 bits per heavy atom. The first-order valence-electron chi connectivity index (χ1n) is 5.49. The lowest BCUT2D eigenvalue weighted by Crippen LogP contribution is -2.47. The first kappa shape index (κ1) is 12.5. The van der Waals surface area contributed by atoms with Crippen LogP contribution in [0.2, 0.25) is 0 Å². The summed E-state index contributed by atoms with van der Waals surface area (Å²) in [6.45, 7) is 0. The molecule has 0 radical (unpaired) electrons. The average molecular weight is 248 g/mol. The van der Waals surface area contributed by atoms with Crippen molar-refractivity contribution in [2.45, 2.75) is 11.8 Å². The fourth-order valence-corrected chi connectivity index (χ4v) is 1.92. The minimum atomic E-state index is -1.92. The number of hydrogen-bond donors (Lipinski definition) is 1. The smallest absolute Gasteiger partial charge is 0.343 e. The number of carbonyl (C=O) groups is 1. The third-order valence-electron chi connectivity index (χ3n) is 3.03. The molecule has 18 heavy (non-hydrogen) atoms. The fraction of sp³-hybridized carbons (Fsp3) is 0.214. The number of rotatable bonds is 3. The van der Waals surface area contributed by atoms with Crippen molar-refractivity contribution in [3.63, 3.8) is 0 Å². The van der Waals surface area contributed by atoms with Gasteiger partial charge in [-0.1, -0.05) is 36.4 Å². The summed E-state index contributed by atoms with van der Waals surface area (Å²) in [5.74, 6) is -1.34. The quantitative estimate of drug-likeness (QED) is 0.893. The minimum absolute atomic E-state index is 0.650.